The topological polar surface area (TPSA) is 81.4 Å². The van der Waals surface area contributed by atoms with Crippen LogP contribution >= 0.6 is 11.3 Å². The number of ether oxygens (including phenoxy) is 1. The van der Waals surface area contributed by atoms with Crippen molar-refractivity contribution in [3.05, 3.63) is 76.9 Å². The zero-order valence-electron chi connectivity index (χ0n) is 15.6. The van der Waals surface area contributed by atoms with E-state index in [0.29, 0.717) is 21.8 Å². The number of carbonyl (C=O) groups is 2. The van der Waals surface area contributed by atoms with Crippen molar-refractivity contribution < 1.29 is 18.7 Å². The largest absolute Gasteiger partial charge is 0.462 e. The average Bonchev–Trinajstić information content (AvgIpc) is 3.12. The molecule has 1 amide bonds. The molecule has 148 valence electrons. The molecule has 3 rings (SSSR count). The fourth-order valence-electron chi connectivity index (χ4n) is 2.63. The molecule has 0 unspecified atom stereocenters. The number of nitrogens with one attached hydrogen (secondary N) is 1. The first kappa shape index (κ1) is 20.3. The molecule has 0 atom stereocenters. The Hall–Kier alpha value is -3.45. The minimum atomic E-state index is -0.550. The van der Waals surface area contributed by atoms with Gasteiger partial charge in [-0.05, 0) is 48.4 Å². The first-order chi connectivity index (χ1) is 14.0. The number of nitrogen functional groups attached to an aromatic ring is 1. The lowest BCUT2D eigenvalue weighted by Crippen LogP contribution is -2.12. The quantitative estimate of drug-likeness (QED) is 0.342. The van der Waals surface area contributed by atoms with Crippen molar-refractivity contribution in [2.75, 3.05) is 17.7 Å². The minimum Gasteiger partial charge on any atom is -0.462 e. The number of hydrogen-bond donors (Lipinski definition) is 2. The number of hydrogen-bond acceptors (Lipinski definition) is 5. The normalized spacial score (nSPS) is 10.8. The summed E-state index contributed by atoms with van der Waals surface area (Å²) < 4.78 is 18.4. The van der Waals surface area contributed by atoms with E-state index in [2.05, 4.69) is 5.32 Å². The highest BCUT2D eigenvalue weighted by Gasteiger charge is 2.22. The number of benzene rings is 2. The molecule has 3 aromatic rings. The van der Waals surface area contributed by atoms with Gasteiger partial charge in [0, 0.05) is 22.7 Å². The van der Waals surface area contributed by atoms with E-state index >= 15 is 0 Å². The number of rotatable bonds is 6. The number of thiophene rings is 1. The van der Waals surface area contributed by atoms with Gasteiger partial charge in [0.05, 0.1) is 6.61 Å². The monoisotopic (exact) mass is 410 g/mol. The lowest BCUT2D eigenvalue weighted by Gasteiger charge is -2.08. The molecule has 0 aliphatic heterocycles. The van der Waals surface area contributed by atoms with Crippen LogP contribution in [0.1, 0.15) is 22.8 Å². The summed E-state index contributed by atoms with van der Waals surface area (Å²) in [5.41, 5.74) is 8.58. The summed E-state index contributed by atoms with van der Waals surface area (Å²) in [6.07, 6.45) is 3.02. The molecule has 0 radical (unpaired) electrons. The highest BCUT2D eigenvalue weighted by molar-refractivity contribution is 7.15. The van der Waals surface area contributed by atoms with E-state index in [9.17, 15) is 14.0 Å². The third-order valence-corrected chi connectivity index (χ3v) is 4.92. The van der Waals surface area contributed by atoms with Gasteiger partial charge in [-0.2, -0.15) is 0 Å². The van der Waals surface area contributed by atoms with Gasteiger partial charge >= 0.3 is 5.97 Å². The lowest BCUT2D eigenvalue weighted by atomic mass is 10.0. The molecule has 0 saturated carbocycles. The molecule has 29 heavy (non-hydrogen) atoms. The molecule has 0 saturated heterocycles. The molecule has 7 heteroatoms. The Kier molecular flexibility index (Phi) is 6.41. The lowest BCUT2D eigenvalue weighted by molar-refractivity contribution is -0.111. The van der Waals surface area contributed by atoms with Crippen LogP contribution in [-0.4, -0.2) is 18.5 Å². The molecule has 1 aromatic heterocycles. The van der Waals surface area contributed by atoms with E-state index in [-0.39, 0.29) is 23.9 Å². The van der Waals surface area contributed by atoms with Crippen molar-refractivity contribution in [2.45, 2.75) is 6.92 Å². The molecule has 2 aromatic carbocycles. The molecule has 1 heterocycles. The molecule has 0 aliphatic carbocycles. The Bertz CT molecular complexity index is 1040. The number of nitrogens with two attached hydrogens (primary N) is 1. The van der Waals surface area contributed by atoms with Gasteiger partial charge in [0.1, 0.15) is 16.4 Å². The van der Waals surface area contributed by atoms with Crippen LogP contribution < -0.4 is 11.1 Å². The van der Waals surface area contributed by atoms with E-state index in [1.807, 2.05) is 0 Å². The van der Waals surface area contributed by atoms with Crippen LogP contribution in [0.25, 0.3) is 17.2 Å². The van der Waals surface area contributed by atoms with Gasteiger partial charge in [-0.3, -0.25) is 4.79 Å². The number of amides is 1. The number of anilines is 2. The Morgan fingerprint density at radius 2 is 1.83 bits per heavy atom. The minimum absolute atomic E-state index is 0.196. The maximum Gasteiger partial charge on any atom is 0.341 e. The van der Waals surface area contributed by atoms with Crippen molar-refractivity contribution >= 4 is 40.0 Å². The first-order valence-corrected chi connectivity index (χ1v) is 9.75. The SMILES string of the molecule is CCOC(=O)c1c(-c2ccc(F)cc2)csc1NC(=O)/C=C/c1ccc(N)cc1. The summed E-state index contributed by atoms with van der Waals surface area (Å²) >= 11 is 1.20. The van der Waals surface area contributed by atoms with E-state index < -0.39 is 5.97 Å². The van der Waals surface area contributed by atoms with Gasteiger partial charge in [-0.1, -0.05) is 24.3 Å². The van der Waals surface area contributed by atoms with Crippen LogP contribution in [-0.2, 0) is 9.53 Å². The average molecular weight is 410 g/mol. The summed E-state index contributed by atoms with van der Waals surface area (Å²) in [7, 11) is 0. The number of esters is 1. The molecule has 3 N–H and O–H groups in total. The van der Waals surface area contributed by atoms with Crippen molar-refractivity contribution in [1.82, 2.24) is 0 Å². The Morgan fingerprint density at radius 3 is 2.48 bits per heavy atom. The van der Waals surface area contributed by atoms with Crippen molar-refractivity contribution in [2.24, 2.45) is 0 Å². The molecular weight excluding hydrogens is 391 g/mol. The predicted octanol–water partition coefficient (Wildman–Crippen LogP) is 4.97. The fourth-order valence-corrected chi connectivity index (χ4v) is 3.59. The van der Waals surface area contributed by atoms with Gasteiger partial charge in [0.15, 0.2) is 0 Å². The molecule has 0 spiro atoms. The number of carbonyl (C=O) groups excluding carboxylic acids is 2. The summed E-state index contributed by atoms with van der Waals surface area (Å²) in [6, 6.07) is 12.8. The molecule has 0 aliphatic rings. The molecule has 5 nitrogen and oxygen atoms in total. The molecule has 0 fully saturated rings. The van der Waals surface area contributed by atoms with Crippen LogP contribution in [0.4, 0.5) is 15.1 Å². The maximum absolute atomic E-state index is 13.2. The van der Waals surface area contributed by atoms with Crippen LogP contribution in [0.5, 0.6) is 0 Å². The van der Waals surface area contributed by atoms with Crippen LogP contribution in [0, 0.1) is 5.82 Å². The van der Waals surface area contributed by atoms with Crippen molar-refractivity contribution in [3.63, 3.8) is 0 Å². The molecular formula is C22H19FN2O3S. The second-order valence-electron chi connectivity index (χ2n) is 6.07. The standard InChI is InChI=1S/C22H19FN2O3S/c1-2-28-22(27)20-18(15-6-8-16(23)9-7-15)13-29-21(20)25-19(26)12-5-14-3-10-17(24)11-4-14/h3-13H,2,24H2,1H3,(H,25,26)/b12-5+. The third-order valence-electron chi connectivity index (χ3n) is 4.03. The van der Waals surface area contributed by atoms with Crippen molar-refractivity contribution in [1.29, 1.82) is 0 Å². The van der Waals surface area contributed by atoms with Gasteiger partial charge in [0.25, 0.3) is 0 Å². The van der Waals surface area contributed by atoms with Crippen molar-refractivity contribution in [3.8, 4) is 11.1 Å². The number of halogens is 1. The fraction of sp³-hybridized carbons (Fsp3) is 0.0909. The van der Waals surface area contributed by atoms with Crippen LogP contribution in [0.15, 0.2) is 60.0 Å². The third kappa shape index (κ3) is 5.08. The second kappa shape index (κ2) is 9.16. The summed E-state index contributed by atoms with van der Waals surface area (Å²) in [6.45, 7) is 1.90. The summed E-state index contributed by atoms with van der Waals surface area (Å²) in [4.78, 5) is 24.9. The predicted molar refractivity (Wildman–Crippen MR) is 114 cm³/mol. The zero-order valence-corrected chi connectivity index (χ0v) is 16.5. The molecule has 0 bridgehead atoms. The van der Waals surface area contributed by atoms with E-state index in [1.165, 1.54) is 29.5 Å². The Labute approximate surface area is 171 Å². The highest BCUT2D eigenvalue weighted by atomic mass is 32.1. The van der Waals surface area contributed by atoms with Gasteiger partial charge in [0.2, 0.25) is 5.91 Å². The smallest absolute Gasteiger partial charge is 0.341 e. The Morgan fingerprint density at radius 1 is 1.14 bits per heavy atom. The van der Waals surface area contributed by atoms with Crippen LogP contribution in [0.3, 0.4) is 0 Å². The zero-order chi connectivity index (χ0) is 20.8. The van der Waals surface area contributed by atoms with Gasteiger partial charge in [-0.25, -0.2) is 9.18 Å². The van der Waals surface area contributed by atoms with E-state index in [1.54, 1.807) is 54.8 Å². The van der Waals surface area contributed by atoms with Crippen LogP contribution in [0.2, 0.25) is 0 Å². The van der Waals surface area contributed by atoms with Gasteiger partial charge in [-0.15, -0.1) is 11.3 Å². The maximum atomic E-state index is 13.2. The Balaban J connectivity index is 1.86. The van der Waals surface area contributed by atoms with E-state index in [4.69, 9.17) is 10.5 Å². The summed E-state index contributed by atoms with van der Waals surface area (Å²) in [5, 5.41) is 4.83. The van der Waals surface area contributed by atoms with Gasteiger partial charge < -0.3 is 15.8 Å². The van der Waals surface area contributed by atoms with E-state index in [0.717, 1.165) is 5.56 Å². The highest BCUT2D eigenvalue weighted by Crippen LogP contribution is 2.36. The first-order valence-electron chi connectivity index (χ1n) is 8.87. The summed E-state index contributed by atoms with van der Waals surface area (Å²) in [5.74, 6) is -1.31. The second-order valence-corrected chi connectivity index (χ2v) is 6.95.